The zero-order valence-corrected chi connectivity index (χ0v) is 23.0. The quantitative estimate of drug-likeness (QED) is 0.381. The van der Waals surface area contributed by atoms with E-state index >= 15 is 0 Å². The minimum Gasteiger partial charge on any atom is -0.469 e. The molecule has 3 fully saturated rings. The molecule has 0 saturated heterocycles. The molecular weight excluding hydrogens is 462 g/mol. The average Bonchev–Trinajstić information content (AvgIpc) is 2.86. The number of fused-ring (bicyclic) bond motifs is 7. The van der Waals surface area contributed by atoms with Crippen molar-refractivity contribution in [1.82, 2.24) is 0 Å². The fourth-order valence-electron chi connectivity index (χ4n) is 9.25. The van der Waals surface area contributed by atoms with Gasteiger partial charge in [0, 0.05) is 22.2 Å². The van der Waals surface area contributed by atoms with Crippen molar-refractivity contribution in [3.05, 3.63) is 23.3 Å². The van der Waals surface area contributed by atoms with Crippen LogP contribution in [0.5, 0.6) is 0 Å². The number of esters is 1. The predicted octanol–water partition coefficient (Wildman–Crippen LogP) is 6.38. The number of hydrogen-bond acceptors (Lipinski definition) is 5. The number of allylic oxidation sites excluding steroid dienone is 4. The maximum atomic E-state index is 14.6. The van der Waals surface area contributed by atoms with Crippen LogP contribution in [0, 0.1) is 61.6 Å². The first-order valence-corrected chi connectivity index (χ1v) is 13.4. The van der Waals surface area contributed by atoms with E-state index in [9.17, 15) is 22.4 Å². The second-order valence-electron chi connectivity index (χ2n) is 13.9. The zero-order chi connectivity index (χ0) is 33.5. The van der Waals surface area contributed by atoms with Crippen molar-refractivity contribution in [1.29, 1.82) is 5.26 Å². The van der Waals surface area contributed by atoms with Gasteiger partial charge in [-0.05, 0) is 79.0 Å². The third kappa shape index (κ3) is 3.11. The van der Waals surface area contributed by atoms with E-state index in [0.29, 0.717) is 12.8 Å². The fraction of sp³-hybridized carbons (Fsp3) is 0.750. The largest absolute Gasteiger partial charge is 0.469 e. The molecule has 0 unspecified atom stereocenters. The Labute approximate surface area is 231 Å². The number of ether oxygens (including phenoxy) is 1. The molecule has 5 rings (SSSR count). The van der Waals surface area contributed by atoms with Crippen LogP contribution in [0.25, 0.3) is 0 Å². The third-order valence-electron chi connectivity index (χ3n) is 11.5. The van der Waals surface area contributed by atoms with E-state index in [1.807, 2.05) is 27.7 Å². The van der Waals surface area contributed by atoms with Crippen LogP contribution in [0.15, 0.2) is 23.3 Å². The highest BCUT2D eigenvalue weighted by molar-refractivity contribution is 6.04. The molecular formula is C32H43NO4. The summed E-state index contributed by atoms with van der Waals surface area (Å²) in [4.78, 5) is 41.8. The number of nitrogens with zero attached hydrogens (tertiary/aromatic N) is 1. The number of methoxy groups -OCH3 is 1. The van der Waals surface area contributed by atoms with Crippen molar-refractivity contribution in [2.75, 3.05) is 7.04 Å². The summed E-state index contributed by atoms with van der Waals surface area (Å²) in [6.07, 6.45) is -0.462. The summed E-state index contributed by atoms with van der Waals surface area (Å²) in [6, 6.07) is 2.07. The number of hydrogen-bond donors (Lipinski definition) is 0. The first-order valence-electron chi connectivity index (χ1n) is 16.9. The van der Waals surface area contributed by atoms with E-state index in [-0.39, 0.29) is 30.1 Å². The maximum absolute atomic E-state index is 14.6. The summed E-state index contributed by atoms with van der Waals surface area (Å²) < 4.78 is 64.6. The summed E-state index contributed by atoms with van der Waals surface area (Å²) in [6.45, 7) is 12.6. The number of carbonyl (C=O) groups excluding carboxylic acids is 3. The van der Waals surface area contributed by atoms with Crippen LogP contribution < -0.4 is 0 Å². The van der Waals surface area contributed by atoms with Gasteiger partial charge in [0.05, 0.1) is 22.1 Å². The Morgan fingerprint density at radius 2 is 1.81 bits per heavy atom. The Morgan fingerprint density at radius 1 is 1.11 bits per heavy atom. The molecule has 0 aromatic carbocycles. The molecule has 0 radical (unpaired) electrons. The van der Waals surface area contributed by atoms with Crippen LogP contribution in [0.1, 0.15) is 103 Å². The van der Waals surface area contributed by atoms with E-state index in [1.165, 1.54) is 13.8 Å². The Bertz CT molecular complexity index is 1470. The lowest BCUT2D eigenvalue weighted by Gasteiger charge is -2.68. The normalized spacial score (nSPS) is 51.5. The Morgan fingerprint density at radius 3 is 2.46 bits per heavy atom. The average molecular weight is 513 g/mol. The van der Waals surface area contributed by atoms with Gasteiger partial charge in [0.25, 0.3) is 0 Å². The van der Waals surface area contributed by atoms with Gasteiger partial charge in [0.15, 0.2) is 11.6 Å². The lowest BCUT2D eigenvalue weighted by molar-refractivity contribution is -0.191. The van der Waals surface area contributed by atoms with Gasteiger partial charge in [-0.25, -0.2) is 0 Å². The van der Waals surface area contributed by atoms with E-state index in [4.69, 9.17) is 11.6 Å². The number of carbonyl (C=O) groups is 3. The second kappa shape index (κ2) is 7.67. The second-order valence-corrected chi connectivity index (χ2v) is 13.9. The van der Waals surface area contributed by atoms with Crippen LogP contribution >= 0.6 is 0 Å². The predicted molar refractivity (Wildman–Crippen MR) is 141 cm³/mol. The van der Waals surface area contributed by atoms with Crippen molar-refractivity contribution in [2.24, 2.45) is 50.2 Å². The Balaban J connectivity index is 1.77. The highest BCUT2D eigenvalue weighted by atomic mass is 16.5. The van der Waals surface area contributed by atoms with Gasteiger partial charge < -0.3 is 4.74 Å². The molecule has 0 bridgehead atoms. The van der Waals surface area contributed by atoms with E-state index in [2.05, 4.69) is 13.0 Å². The van der Waals surface area contributed by atoms with Gasteiger partial charge in [-0.2, -0.15) is 5.26 Å². The van der Waals surface area contributed by atoms with Crippen LogP contribution in [0.3, 0.4) is 0 Å². The first-order chi connectivity index (χ1) is 19.7. The lowest BCUT2D eigenvalue weighted by Crippen LogP contribution is -2.65. The number of Topliss-reactive ketones (excluding diaryl/α,β-unsaturated/α-hetero) is 1. The van der Waals surface area contributed by atoms with Crippen molar-refractivity contribution in [2.45, 2.75) is 93.3 Å². The Kier molecular flexibility index (Phi) is 3.93. The molecule has 0 heterocycles. The smallest absolute Gasteiger partial charge is 0.312 e. The van der Waals surface area contributed by atoms with E-state index in [0.717, 1.165) is 5.57 Å². The first kappa shape index (κ1) is 18.9. The highest BCUT2D eigenvalue weighted by Gasteiger charge is 2.71. The van der Waals surface area contributed by atoms with Crippen LogP contribution in [0.4, 0.5) is 0 Å². The molecule has 5 heteroatoms. The molecule has 0 spiro atoms. The molecule has 0 N–H and O–H groups in total. The molecule has 0 aliphatic heterocycles. The summed E-state index contributed by atoms with van der Waals surface area (Å²) in [5.41, 5.74) is -5.95. The van der Waals surface area contributed by atoms with Crippen molar-refractivity contribution in [3.63, 3.8) is 0 Å². The Hall–Kier alpha value is -2.22. The molecule has 5 aliphatic rings. The molecule has 0 aromatic rings. The third-order valence-corrected chi connectivity index (χ3v) is 11.5. The fourth-order valence-corrected chi connectivity index (χ4v) is 9.25. The molecule has 7 atom stereocenters. The van der Waals surface area contributed by atoms with Gasteiger partial charge >= 0.3 is 5.97 Å². The van der Waals surface area contributed by atoms with Gasteiger partial charge in [-0.1, -0.05) is 60.1 Å². The molecule has 200 valence electrons. The van der Waals surface area contributed by atoms with Gasteiger partial charge in [0.1, 0.15) is 6.07 Å². The molecule has 3 saturated carbocycles. The monoisotopic (exact) mass is 512 g/mol. The van der Waals surface area contributed by atoms with Crippen LogP contribution in [-0.2, 0) is 19.1 Å². The maximum Gasteiger partial charge on any atom is 0.312 e. The van der Waals surface area contributed by atoms with Crippen molar-refractivity contribution >= 4 is 17.5 Å². The summed E-state index contributed by atoms with van der Waals surface area (Å²) in [5.74, 6) is -4.43. The summed E-state index contributed by atoms with van der Waals surface area (Å²) in [5, 5.41) is 9.91. The standard InChI is InChI=1S/C32H43NO4/c1-27(2)11-13-32(26(36)37-8)14-12-31(7)24(20(32)17-27)21(34)15-23-29(5)16-19(18-33)25(35)28(3,4)22(29)9-10-30(23,31)6/h15-16,20,22,24H,9-14,17H2,1-8H3/t20-,22-,24-,29-,30+,31+,32-/m0/s1/i8D3,11D2,17D2. The van der Waals surface area contributed by atoms with Crippen LogP contribution in [0.2, 0.25) is 0 Å². The summed E-state index contributed by atoms with van der Waals surface area (Å²) in [7, 11) is -3.12. The topological polar surface area (TPSA) is 84.2 Å². The van der Waals surface area contributed by atoms with Crippen molar-refractivity contribution in [3.8, 4) is 6.07 Å². The van der Waals surface area contributed by atoms with Crippen LogP contribution in [-0.4, -0.2) is 24.6 Å². The molecule has 0 amide bonds. The highest BCUT2D eigenvalue weighted by Crippen LogP contribution is 2.74. The molecule has 5 nitrogen and oxygen atoms in total. The minimum atomic E-state index is -3.12. The van der Waals surface area contributed by atoms with Gasteiger partial charge in [0.2, 0.25) is 0 Å². The SMILES string of the molecule is [2H]C([2H])([2H])OC(=O)[C@@]12CC[C@]3(C)[C@H](C(=O)C=C4[C@@]5(C)C=C(C#N)C(=O)C(C)(C)[C@@H]5CC[C@]43C)[C@@H]1C([2H])([2H])C(C)(C)C([2H])([2H])C2. The van der Waals surface area contributed by atoms with E-state index in [1.54, 1.807) is 12.2 Å². The number of ketones is 2. The van der Waals surface area contributed by atoms with Gasteiger partial charge in [-0.3, -0.25) is 14.4 Å². The summed E-state index contributed by atoms with van der Waals surface area (Å²) >= 11 is 0. The van der Waals surface area contributed by atoms with Crippen molar-refractivity contribution < 1.29 is 28.7 Å². The zero-order valence-electron chi connectivity index (χ0n) is 30.0. The molecule has 0 aromatic heterocycles. The minimum absolute atomic E-state index is 0.0474. The van der Waals surface area contributed by atoms with E-state index < -0.39 is 82.3 Å². The molecule has 5 aliphatic carbocycles. The number of rotatable bonds is 1. The van der Waals surface area contributed by atoms with Gasteiger partial charge in [-0.15, -0.1) is 0 Å². The molecule has 37 heavy (non-hydrogen) atoms. The lowest BCUT2D eigenvalue weighted by atomic mass is 9.34. The number of nitriles is 1.